The number of nitrogens with zero attached hydrogens (tertiary/aromatic N) is 1. The van der Waals surface area contributed by atoms with Crippen LogP contribution in [0, 0.1) is 13.8 Å². The quantitative estimate of drug-likeness (QED) is 0.905. The number of aryl methyl sites for hydroxylation is 1. The Morgan fingerprint density at radius 1 is 1.33 bits per heavy atom. The highest BCUT2D eigenvalue weighted by atomic mass is 35.5. The molecule has 0 saturated carbocycles. The summed E-state index contributed by atoms with van der Waals surface area (Å²) in [6, 6.07) is 4.84. The van der Waals surface area contributed by atoms with E-state index >= 15 is 0 Å². The molecule has 2 N–H and O–H groups in total. The van der Waals surface area contributed by atoms with Crippen molar-refractivity contribution in [1.29, 1.82) is 0 Å². The maximum atomic E-state index is 11.9. The predicted octanol–water partition coefficient (Wildman–Crippen LogP) is 3.13. The number of carbonyl (C=O) groups is 1. The van der Waals surface area contributed by atoms with Crippen molar-refractivity contribution in [2.24, 2.45) is 0 Å². The fourth-order valence-electron chi connectivity index (χ4n) is 1.96. The maximum Gasteiger partial charge on any atom is 0.325 e. The highest BCUT2D eigenvalue weighted by molar-refractivity contribution is 6.36. The molecule has 0 spiro atoms. The second-order valence-corrected chi connectivity index (χ2v) is 5.56. The molecule has 0 aliphatic rings. The molecular weight excluding hydrogens is 313 g/mol. The number of hydrogen-bond donors (Lipinski definition) is 2. The van der Waals surface area contributed by atoms with Gasteiger partial charge in [0.05, 0.1) is 10.7 Å². The first-order valence-corrected chi connectivity index (χ1v) is 7.15. The third-order valence-electron chi connectivity index (χ3n) is 3.25. The van der Waals surface area contributed by atoms with Crippen LogP contribution in [0.2, 0.25) is 10.0 Å². The number of rotatable bonds is 4. The summed E-state index contributed by atoms with van der Waals surface area (Å²) in [4.78, 5) is 26.3. The van der Waals surface area contributed by atoms with Crippen LogP contribution in [-0.4, -0.2) is 15.5 Å². The summed E-state index contributed by atoms with van der Waals surface area (Å²) in [6.45, 7) is 3.97. The van der Waals surface area contributed by atoms with Crippen LogP contribution in [0.1, 0.15) is 17.8 Å². The van der Waals surface area contributed by atoms with Crippen LogP contribution in [0.3, 0.4) is 0 Å². The molecule has 0 atom stereocenters. The number of nitrogens with one attached hydrogen (secondary N) is 2. The Labute approximate surface area is 131 Å². The zero-order valence-electron chi connectivity index (χ0n) is 11.7. The van der Waals surface area contributed by atoms with Gasteiger partial charge in [0.15, 0.2) is 0 Å². The molecule has 0 fully saturated rings. The lowest BCUT2D eigenvalue weighted by molar-refractivity contribution is -0.116. The molecule has 0 unspecified atom stereocenters. The fourth-order valence-corrected chi connectivity index (χ4v) is 2.41. The van der Waals surface area contributed by atoms with Crippen molar-refractivity contribution in [2.45, 2.75) is 26.8 Å². The number of halogens is 2. The summed E-state index contributed by atoms with van der Waals surface area (Å²) in [5.41, 5.74) is 1.93. The van der Waals surface area contributed by atoms with Gasteiger partial charge in [0, 0.05) is 29.4 Å². The number of aromatic amines is 1. The first-order chi connectivity index (χ1) is 9.88. The molecule has 1 heterocycles. The smallest absolute Gasteiger partial charge is 0.325 e. The van der Waals surface area contributed by atoms with Gasteiger partial charge in [-0.3, -0.25) is 9.36 Å². The Hall–Kier alpha value is -1.72. The number of imidazole rings is 1. The summed E-state index contributed by atoms with van der Waals surface area (Å²) < 4.78 is 1.54. The van der Waals surface area contributed by atoms with Crippen LogP contribution in [0.25, 0.3) is 0 Å². The van der Waals surface area contributed by atoms with Crippen LogP contribution in [0.4, 0.5) is 5.69 Å². The molecule has 0 aliphatic carbocycles. The van der Waals surface area contributed by atoms with Crippen LogP contribution in [-0.2, 0) is 11.3 Å². The molecule has 7 heteroatoms. The molecule has 2 rings (SSSR count). The van der Waals surface area contributed by atoms with Crippen LogP contribution >= 0.6 is 23.2 Å². The Bertz CT molecular complexity index is 734. The van der Waals surface area contributed by atoms with Crippen molar-refractivity contribution in [3.63, 3.8) is 0 Å². The van der Waals surface area contributed by atoms with Gasteiger partial charge in [0.25, 0.3) is 0 Å². The van der Waals surface area contributed by atoms with Gasteiger partial charge in [-0.15, -0.1) is 0 Å². The topological polar surface area (TPSA) is 66.9 Å². The van der Waals surface area contributed by atoms with Gasteiger partial charge in [-0.05, 0) is 32.0 Å². The monoisotopic (exact) mass is 327 g/mol. The summed E-state index contributed by atoms with van der Waals surface area (Å²) in [5, 5.41) is 3.58. The van der Waals surface area contributed by atoms with Gasteiger partial charge in [-0.1, -0.05) is 23.2 Å². The van der Waals surface area contributed by atoms with E-state index in [0.717, 1.165) is 11.4 Å². The molecule has 1 aromatic carbocycles. The van der Waals surface area contributed by atoms with Crippen LogP contribution in [0.15, 0.2) is 23.0 Å². The number of carbonyl (C=O) groups excluding carboxylic acids is 1. The molecule has 0 aliphatic heterocycles. The highest BCUT2D eigenvalue weighted by Crippen LogP contribution is 2.25. The van der Waals surface area contributed by atoms with E-state index in [9.17, 15) is 9.59 Å². The van der Waals surface area contributed by atoms with Crippen molar-refractivity contribution < 1.29 is 4.79 Å². The van der Waals surface area contributed by atoms with E-state index in [1.807, 2.05) is 13.8 Å². The van der Waals surface area contributed by atoms with Gasteiger partial charge >= 0.3 is 5.69 Å². The second-order valence-electron chi connectivity index (χ2n) is 4.71. The minimum atomic E-state index is -0.218. The molecule has 0 radical (unpaired) electrons. The number of amides is 1. The number of hydrogen-bond acceptors (Lipinski definition) is 2. The minimum absolute atomic E-state index is 0.178. The third kappa shape index (κ3) is 3.68. The van der Waals surface area contributed by atoms with Crippen LogP contribution in [0.5, 0.6) is 0 Å². The van der Waals surface area contributed by atoms with Crippen LogP contribution < -0.4 is 11.0 Å². The molecule has 0 saturated heterocycles. The minimum Gasteiger partial charge on any atom is -0.325 e. The van der Waals surface area contributed by atoms with Crippen molar-refractivity contribution in [2.75, 3.05) is 5.32 Å². The second kappa shape index (κ2) is 6.37. The van der Waals surface area contributed by atoms with Crippen molar-refractivity contribution in [3.05, 3.63) is 50.1 Å². The molecule has 1 amide bonds. The molecule has 1 aromatic heterocycles. The molecule has 5 nitrogen and oxygen atoms in total. The van der Waals surface area contributed by atoms with Crippen molar-refractivity contribution in [3.8, 4) is 0 Å². The summed E-state index contributed by atoms with van der Waals surface area (Å²) in [7, 11) is 0. The number of anilines is 1. The average Bonchev–Trinajstić information content (AvgIpc) is 2.65. The van der Waals surface area contributed by atoms with Gasteiger partial charge in [0.1, 0.15) is 0 Å². The molecule has 112 valence electrons. The Kier molecular flexibility index (Phi) is 4.75. The lowest BCUT2D eigenvalue weighted by Crippen LogP contribution is -2.22. The van der Waals surface area contributed by atoms with Crippen molar-refractivity contribution >= 4 is 34.8 Å². The zero-order chi connectivity index (χ0) is 15.6. The van der Waals surface area contributed by atoms with Gasteiger partial charge < -0.3 is 10.3 Å². The highest BCUT2D eigenvalue weighted by Gasteiger charge is 2.10. The average molecular weight is 328 g/mol. The van der Waals surface area contributed by atoms with E-state index in [1.165, 1.54) is 0 Å². The molecule has 2 aromatic rings. The van der Waals surface area contributed by atoms with E-state index in [1.54, 1.807) is 22.8 Å². The predicted molar refractivity (Wildman–Crippen MR) is 84.2 cm³/mol. The third-order valence-corrected chi connectivity index (χ3v) is 3.80. The largest absolute Gasteiger partial charge is 0.325 e. The van der Waals surface area contributed by atoms with Gasteiger partial charge in [0.2, 0.25) is 5.91 Å². The fraction of sp³-hybridized carbons (Fsp3) is 0.286. The van der Waals surface area contributed by atoms with Gasteiger partial charge in [-0.2, -0.15) is 0 Å². The Morgan fingerprint density at radius 2 is 2.05 bits per heavy atom. The van der Waals surface area contributed by atoms with E-state index in [0.29, 0.717) is 22.3 Å². The lowest BCUT2D eigenvalue weighted by atomic mass is 10.3. The Balaban J connectivity index is 2.01. The zero-order valence-corrected chi connectivity index (χ0v) is 13.2. The normalized spacial score (nSPS) is 10.7. The van der Waals surface area contributed by atoms with Crippen molar-refractivity contribution in [1.82, 2.24) is 9.55 Å². The first kappa shape index (κ1) is 15.7. The number of H-pyrrole nitrogens is 1. The lowest BCUT2D eigenvalue weighted by Gasteiger charge is -2.08. The number of aromatic nitrogens is 2. The SMILES string of the molecule is Cc1[nH]c(=O)n(CCC(=O)Nc2ccc(Cl)cc2Cl)c1C. The van der Waals surface area contributed by atoms with E-state index in [4.69, 9.17) is 23.2 Å². The summed E-state index contributed by atoms with van der Waals surface area (Å²) >= 11 is 11.8. The van der Waals surface area contributed by atoms with E-state index in [-0.39, 0.29) is 18.0 Å². The molecule has 21 heavy (non-hydrogen) atoms. The van der Waals surface area contributed by atoms with Gasteiger partial charge in [-0.25, -0.2) is 4.79 Å². The van der Waals surface area contributed by atoms with E-state index in [2.05, 4.69) is 10.3 Å². The summed E-state index contributed by atoms with van der Waals surface area (Å²) in [6.07, 6.45) is 0.178. The maximum absolute atomic E-state index is 11.9. The Morgan fingerprint density at radius 3 is 2.62 bits per heavy atom. The molecule has 0 bridgehead atoms. The number of benzene rings is 1. The summed E-state index contributed by atoms with van der Waals surface area (Å²) in [5.74, 6) is -0.218. The molecular formula is C14H15Cl2N3O2. The standard InChI is InChI=1S/C14H15Cl2N3O2/c1-8-9(2)19(14(21)17-8)6-5-13(20)18-12-4-3-10(15)7-11(12)16/h3-4,7H,5-6H2,1-2H3,(H,17,21)(H,18,20). The van der Waals surface area contributed by atoms with E-state index < -0.39 is 0 Å². The first-order valence-electron chi connectivity index (χ1n) is 6.39.